The van der Waals surface area contributed by atoms with Crippen molar-refractivity contribution >= 4 is 11.8 Å². The van der Waals surface area contributed by atoms with Crippen LogP contribution in [0.3, 0.4) is 0 Å². The summed E-state index contributed by atoms with van der Waals surface area (Å²) in [6.07, 6.45) is 8.54. The van der Waals surface area contributed by atoms with Crippen molar-refractivity contribution in [2.75, 3.05) is 7.11 Å². The number of carbonyl (C=O) groups excluding carboxylic acids is 2. The van der Waals surface area contributed by atoms with E-state index in [0.29, 0.717) is 40.5 Å². The van der Waals surface area contributed by atoms with E-state index in [9.17, 15) is 39.6 Å². The van der Waals surface area contributed by atoms with Crippen LogP contribution in [0.25, 0.3) is 22.6 Å². The Morgan fingerprint density at radius 2 is 1.57 bits per heavy atom. The molecule has 6 aliphatic rings. The molecule has 1 aromatic carbocycles. The highest BCUT2D eigenvalue weighted by Gasteiger charge is 2.78. The zero-order valence-electron chi connectivity index (χ0n) is 43.2. The van der Waals surface area contributed by atoms with Gasteiger partial charge in [0.1, 0.15) is 57.2 Å². The fraction of sp³-hybridized carbons (Fsp3) is 0.561. The number of aliphatic hydroxyl groups is 4. The van der Waals surface area contributed by atoms with Crippen LogP contribution in [-0.4, -0.2) is 72.8 Å². The summed E-state index contributed by atoms with van der Waals surface area (Å²) in [6.45, 7) is 19.2. The van der Waals surface area contributed by atoms with E-state index in [1.54, 1.807) is 74.8 Å². The van der Waals surface area contributed by atoms with Crippen LogP contribution in [0.5, 0.6) is 17.2 Å². The van der Waals surface area contributed by atoms with E-state index in [0.717, 1.165) is 19.3 Å². The summed E-state index contributed by atoms with van der Waals surface area (Å²) in [5, 5.41) is 45.7. The fourth-order valence-electron chi connectivity index (χ4n) is 14.6. The van der Waals surface area contributed by atoms with E-state index in [1.807, 2.05) is 20.8 Å². The van der Waals surface area contributed by atoms with E-state index in [2.05, 4.69) is 32.7 Å². The molecule has 4 aliphatic carbocycles. The molecule has 72 heavy (non-hydrogen) atoms. The number of aliphatic hydroxyl groups excluding tert-OH is 2. The summed E-state index contributed by atoms with van der Waals surface area (Å²) < 4.78 is 35.6. The number of carbonyl (C=O) groups is 2. The van der Waals surface area contributed by atoms with Gasteiger partial charge < -0.3 is 48.2 Å². The van der Waals surface area contributed by atoms with Crippen molar-refractivity contribution in [1.82, 2.24) is 4.98 Å². The molecular weight excluding hydrogens is 923 g/mol. The lowest BCUT2D eigenvalue weighted by Gasteiger charge is -2.68. The summed E-state index contributed by atoms with van der Waals surface area (Å²) in [7, 11) is 1.49. The lowest BCUT2D eigenvalue weighted by atomic mass is 9.41. The molecule has 4 N–H and O–H groups in total. The van der Waals surface area contributed by atoms with Crippen LogP contribution in [0, 0.1) is 39.4 Å². The molecule has 3 fully saturated rings. The maximum atomic E-state index is 13.4. The number of allylic oxidation sites excluding steroid dienone is 1. The van der Waals surface area contributed by atoms with Gasteiger partial charge in [0.25, 0.3) is 0 Å². The number of nitrogens with zero attached hydrogens (tertiary/aromatic N) is 1. The van der Waals surface area contributed by atoms with Crippen molar-refractivity contribution in [3.05, 3.63) is 105 Å². The number of fused-ring (bicyclic) bond motifs is 8. The first-order valence-electron chi connectivity index (χ1n) is 25.2. The van der Waals surface area contributed by atoms with Gasteiger partial charge in [-0.1, -0.05) is 66.2 Å². The van der Waals surface area contributed by atoms with Gasteiger partial charge in [-0.3, -0.25) is 14.6 Å². The molecular formula is C57H69NO14. The van der Waals surface area contributed by atoms with E-state index in [4.69, 9.17) is 27.8 Å². The third-order valence-corrected chi connectivity index (χ3v) is 19.4. The molecule has 15 heteroatoms. The molecule has 3 saturated carbocycles. The van der Waals surface area contributed by atoms with E-state index in [-0.39, 0.29) is 77.0 Å². The Balaban J connectivity index is 0.000000178. The van der Waals surface area contributed by atoms with Gasteiger partial charge in [-0.05, 0) is 99.8 Å². The number of esters is 1. The molecule has 2 aliphatic heterocycles. The number of ketones is 1. The largest absolute Gasteiger partial charge is 0.496 e. The molecule has 5 heterocycles. The molecule has 0 amide bonds. The molecule has 3 aromatic heterocycles. The lowest BCUT2D eigenvalue weighted by Crippen LogP contribution is -2.81. The van der Waals surface area contributed by atoms with Crippen LogP contribution >= 0.6 is 0 Å². The molecule has 0 spiro atoms. The highest BCUT2D eigenvalue weighted by atomic mass is 16.6. The zero-order valence-corrected chi connectivity index (χ0v) is 43.2. The third kappa shape index (κ3) is 7.14. The molecule has 386 valence electrons. The van der Waals surface area contributed by atoms with Crippen molar-refractivity contribution in [3.63, 3.8) is 0 Å². The Morgan fingerprint density at radius 1 is 0.875 bits per heavy atom. The first-order chi connectivity index (χ1) is 33.7. The zero-order chi connectivity index (χ0) is 52.4. The second-order valence-electron chi connectivity index (χ2n) is 23.0. The van der Waals surface area contributed by atoms with Crippen LogP contribution < -0.4 is 25.5 Å². The van der Waals surface area contributed by atoms with E-state index in [1.165, 1.54) is 20.1 Å². The van der Waals surface area contributed by atoms with Crippen LogP contribution in [-0.2, 0) is 27.4 Å². The van der Waals surface area contributed by atoms with E-state index >= 15 is 0 Å². The van der Waals surface area contributed by atoms with Gasteiger partial charge >= 0.3 is 17.2 Å². The Bertz CT molecular complexity index is 2980. The van der Waals surface area contributed by atoms with Gasteiger partial charge in [-0.15, -0.1) is 0 Å². The summed E-state index contributed by atoms with van der Waals surface area (Å²) in [4.78, 5) is 56.3. The molecule has 0 bridgehead atoms. The minimum atomic E-state index is -1.87. The van der Waals surface area contributed by atoms with Gasteiger partial charge in [0.15, 0.2) is 5.78 Å². The number of ether oxygens (including phenoxy) is 4. The van der Waals surface area contributed by atoms with Gasteiger partial charge in [0.05, 0.1) is 36.4 Å². The van der Waals surface area contributed by atoms with Crippen molar-refractivity contribution in [2.24, 2.45) is 39.4 Å². The Hall–Kier alpha value is -5.61. The quantitative estimate of drug-likeness (QED) is 0.134. The molecule has 0 unspecified atom stereocenters. The van der Waals surface area contributed by atoms with Crippen LogP contribution in [0.1, 0.15) is 131 Å². The van der Waals surface area contributed by atoms with Gasteiger partial charge in [0.2, 0.25) is 0 Å². The number of methoxy groups -OCH3 is 1. The number of benzene rings is 1. The van der Waals surface area contributed by atoms with Crippen LogP contribution in [0.2, 0.25) is 0 Å². The monoisotopic (exact) mass is 991 g/mol. The summed E-state index contributed by atoms with van der Waals surface area (Å²) in [5.41, 5.74) is -7.70. The van der Waals surface area contributed by atoms with Gasteiger partial charge in [-0.25, -0.2) is 9.59 Å². The fourth-order valence-corrected chi connectivity index (χ4v) is 14.6. The number of rotatable bonds is 6. The highest BCUT2D eigenvalue weighted by Crippen LogP contribution is 2.69. The predicted octanol–water partition coefficient (Wildman–Crippen LogP) is 8.24. The van der Waals surface area contributed by atoms with Crippen LogP contribution in [0.15, 0.2) is 85.4 Å². The molecule has 4 aromatic rings. The minimum Gasteiger partial charge on any atom is -0.496 e. The predicted molar refractivity (Wildman–Crippen MR) is 265 cm³/mol. The topological polar surface area (TPSA) is 225 Å². The third-order valence-electron chi connectivity index (χ3n) is 19.4. The standard InChI is InChI=1S/C29H37NO6.C28H32O8/c1-7-27(4)16(2)10-11-28(5)21(27)14-22(34-17(3)31)29(6)25(28)24(32)23-20(36-29)13-19(35-26(23)33)18-9-8-12-30-15-18;1-24(2)9-8-22(30)26(4)27(24,32)11-10-25(3)28(26,33)14-18-21(36-25)13-20(35-23(18)31)16-6-7-17(15-29)19(12-16)34-5/h8-9,12-13,15-16,21-22,24-25,32H,7,10-11,14H2,1-6H3;6-9,12-13,29,32-33H,10-11,14-15H2,1-5H3/t16-,21-,22-,24-,25+,27+,28-,29+;25-,26+,27-,28-/m01/s1. The van der Waals surface area contributed by atoms with Crippen LogP contribution in [0.4, 0.5) is 0 Å². The Labute approximate surface area is 419 Å². The number of hydrogen-bond acceptors (Lipinski definition) is 15. The summed E-state index contributed by atoms with van der Waals surface area (Å²) in [6, 6.07) is 11.9. The molecule has 10 rings (SSSR count). The Kier molecular flexibility index (Phi) is 12.3. The second-order valence-corrected chi connectivity index (χ2v) is 23.0. The van der Waals surface area contributed by atoms with Gasteiger partial charge in [0, 0.05) is 65.9 Å². The average molecular weight is 992 g/mol. The van der Waals surface area contributed by atoms with Crippen molar-refractivity contribution in [2.45, 2.75) is 155 Å². The maximum Gasteiger partial charge on any atom is 0.345 e. The van der Waals surface area contributed by atoms with Crippen molar-refractivity contribution in [1.29, 1.82) is 0 Å². The van der Waals surface area contributed by atoms with Crippen molar-refractivity contribution < 1.29 is 57.8 Å². The van der Waals surface area contributed by atoms with Gasteiger partial charge in [-0.2, -0.15) is 0 Å². The Morgan fingerprint density at radius 3 is 2.22 bits per heavy atom. The maximum absolute atomic E-state index is 13.4. The molecule has 15 nitrogen and oxygen atoms in total. The highest BCUT2D eigenvalue weighted by molar-refractivity contribution is 5.98. The summed E-state index contributed by atoms with van der Waals surface area (Å²) in [5.74, 6) is 0.993. The smallest absolute Gasteiger partial charge is 0.345 e. The SMILES string of the molecule is CC[C@@]1(C)[C@@H]2C[C@H](OC(C)=O)[C@@]3(C)Oc4cc(-c5cccnc5)oc(=O)c4[C@H](O)[C@@H]3[C@@]2(C)CC[C@@H]1C.COc1cc(-c2cc3c(c(=O)o2)C[C@]2(O)[C@@]4(C)C(=O)C=CC(C)(C)[C@]4(O)CC[C@@]2(C)O3)ccc1CO. The molecule has 12 atom stereocenters. The number of pyridine rings is 1. The first kappa shape index (κ1) is 51.3. The van der Waals surface area contributed by atoms with E-state index < -0.39 is 68.4 Å². The lowest BCUT2D eigenvalue weighted by molar-refractivity contribution is -0.297. The summed E-state index contributed by atoms with van der Waals surface area (Å²) >= 11 is 0. The molecule has 0 saturated heterocycles. The normalized spacial score (nSPS) is 36.8. The number of hydrogen-bond donors (Lipinski definition) is 4. The van der Waals surface area contributed by atoms with Crippen molar-refractivity contribution in [3.8, 4) is 39.9 Å². The molecule has 0 radical (unpaired) electrons. The average Bonchev–Trinajstić information content (AvgIpc) is 3.33. The number of aromatic nitrogens is 1. The first-order valence-corrected chi connectivity index (χ1v) is 25.2. The minimum absolute atomic E-state index is 0.00155. The second kappa shape index (κ2) is 17.2.